The minimum atomic E-state index is -2.97. The van der Waals surface area contributed by atoms with E-state index in [1.165, 1.54) is 11.1 Å². The van der Waals surface area contributed by atoms with Gasteiger partial charge in [-0.1, -0.05) is 24.3 Å². The topological polar surface area (TPSA) is 75.3 Å². The fraction of sp³-hybridized carbons (Fsp3) is 0.533. The third kappa shape index (κ3) is 3.37. The van der Waals surface area contributed by atoms with Gasteiger partial charge in [0.15, 0.2) is 9.84 Å². The third-order valence-corrected chi connectivity index (χ3v) is 6.01. The molecule has 3 rings (SSSR count). The molecule has 0 spiro atoms. The van der Waals surface area contributed by atoms with Crippen LogP contribution in [-0.2, 0) is 16.3 Å². The molecule has 0 aromatic heterocycles. The van der Waals surface area contributed by atoms with E-state index in [9.17, 15) is 13.2 Å². The second-order valence-electron chi connectivity index (χ2n) is 5.86. The van der Waals surface area contributed by atoms with Crippen molar-refractivity contribution < 1.29 is 13.2 Å². The average molecular weight is 308 g/mol. The minimum Gasteiger partial charge on any atom is -0.334 e. The Balaban J connectivity index is 1.61. The molecule has 1 aromatic rings. The van der Waals surface area contributed by atoms with Crippen LogP contribution in [0.2, 0.25) is 0 Å². The smallest absolute Gasteiger partial charge is 0.315 e. The van der Waals surface area contributed by atoms with Crippen LogP contribution >= 0.6 is 0 Å². The van der Waals surface area contributed by atoms with Crippen LogP contribution in [0.1, 0.15) is 36.4 Å². The Labute approximate surface area is 125 Å². The molecule has 1 fully saturated rings. The van der Waals surface area contributed by atoms with E-state index in [1.807, 2.05) is 12.1 Å². The molecule has 1 aliphatic carbocycles. The molecule has 2 atom stereocenters. The second-order valence-corrected chi connectivity index (χ2v) is 8.09. The molecule has 0 saturated carbocycles. The lowest BCUT2D eigenvalue weighted by atomic mass is 9.88. The van der Waals surface area contributed by atoms with Gasteiger partial charge in [0.1, 0.15) is 0 Å². The van der Waals surface area contributed by atoms with Crippen LogP contribution in [-0.4, -0.2) is 32.0 Å². The Bertz CT molecular complexity index is 642. The molecule has 2 N–H and O–H groups in total. The first kappa shape index (κ1) is 14.4. The first-order valence-corrected chi connectivity index (χ1v) is 9.21. The summed E-state index contributed by atoms with van der Waals surface area (Å²) in [6.45, 7) is 0. The van der Waals surface area contributed by atoms with Crippen molar-refractivity contribution in [2.45, 2.75) is 37.8 Å². The van der Waals surface area contributed by atoms with Gasteiger partial charge in [-0.15, -0.1) is 0 Å². The maximum absolute atomic E-state index is 12.1. The van der Waals surface area contributed by atoms with Crippen molar-refractivity contribution in [2.75, 3.05) is 11.5 Å². The van der Waals surface area contributed by atoms with Crippen molar-refractivity contribution >= 4 is 15.9 Å². The number of sulfone groups is 1. The quantitative estimate of drug-likeness (QED) is 0.870. The summed E-state index contributed by atoms with van der Waals surface area (Å²) < 4.78 is 22.8. The van der Waals surface area contributed by atoms with Crippen molar-refractivity contribution in [3.8, 4) is 0 Å². The van der Waals surface area contributed by atoms with Gasteiger partial charge in [0.25, 0.3) is 0 Å². The zero-order valence-corrected chi connectivity index (χ0v) is 12.7. The van der Waals surface area contributed by atoms with Crippen LogP contribution in [0.5, 0.6) is 0 Å². The van der Waals surface area contributed by atoms with Gasteiger partial charge in [-0.3, -0.25) is 0 Å². The number of aryl methyl sites for hydroxylation is 1. The molecule has 1 saturated heterocycles. The number of hydrogen-bond acceptors (Lipinski definition) is 3. The van der Waals surface area contributed by atoms with E-state index < -0.39 is 9.84 Å². The molecule has 114 valence electrons. The number of fused-ring (bicyclic) bond motifs is 1. The lowest BCUT2D eigenvalue weighted by Gasteiger charge is -2.27. The maximum Gasteiger partial charge on any atom is 0.315 e. The number of benzene rings is 1. The van der Waals surface area contributed by atoms with Crippen LogP contribution < -0.4 is 10.6 Å². The predicted molar refractivity (Wildman–Crippen MR) is 80.8 cm³/mol. The van der Waals surface area contributed by atoms with Crippen LogP contribution in [0.25, 0.3) is 0 Å². The molecule has 1 aliphatic heterocycles. The van der Waals surface area contributed by atoms with Crippen molar-refractivity contribution in [3.63, 3.8) is 0 Å². The molecule has 2 amide bonds. The van der Waals surface area contributed by atoms with Gasteiger partial charge in [0.05, 0.1) is 17.5 Å². The summed E-state index contributed by atoms with van der Waals surface area (Å²) in [7, 11) is -2.97. The maximum atomic E-state index is 12.1. The Morgan fingerprint density at radius 1 is 1.14 bits per heavy atom. The minimum absolute atomic E-state index is 0.0213. The summed E-state index contributed by atoms with van der Waals surface area (Å²) in [6, 6.07) is 7.66. The van der Waals surface area contributed by atoms with E-state index in [-0.39, 0.29) is 29.6 Å². The molecule has 0 bridgehead atoms. The first-order valence-electron chi connectivity index (χ1n) is 7.39. The standard InChI is InChI=1S/C15H20N2O3S/c18-15(16-12-8-9-21(19,20)10-12)17-14-7-3-5-11-4-1-2-6-13(11)14/h1-2,4,6,12,14H,3,5,7-10H2,(H2,16,17,18)/t12-,14-/m0/s1. The molecule has 1 aromatic carbocycles. The molecule has 0 unspecified atom stereocenters. The molecule has 2 aliphatic rings. The van der Waals surface area contributed by atoms with Crippen LogP contribution in [0.15, 0.2) is 24.3 Å². The summed E-state index contributed by atoms with van der Waals surface area (Å²) in [6.07, 6.45) is 3.54. The van der Waals surface area contributed by atoms with Gasteiger partial charge in [-0.2, -0.15) is 0 Å². The molecule has 1 heterocycles. The predicted octanol–water partition coefficient (Wildman–Crippen LogP) is 1.55. The van der Waals surface area contributed by atoms with Gasteiger partial charge in [0.2, 0.25) is 0 Å². The summed E-state index contributed by atoms with van der Waals surface area (Å²) in [5.41, 5.74) is 2.47. The Kier molecular flexibility index (Phi) is 3.89. The van der Waals surface area contributed by atoms with Gasteiger partial charge in [0, 0.05) is 6.04 Å². The van der Waals surface area contributed by atoms with Crippen molar-refractivity contribution in [1.29, 1.82) is 0 Å². The van der Waals surface area contributed by atoms with Gasteiger partial charge in [-0.25, -0.2) is 13.2 Å². The highest BCUT2D eigenvalue weighted by Gasteiger charge is 2.29. The van der Waals surface area contributed by atoms with E-state index in [2.05, 4.69) is 22.8 Å². The first-order chi connectivity index (χ1) is 10.0. The Morgan fingerprint density at radius 2 is 1.95 bits per heavy atom. The van der Waals surface area contributed by atoms with E-state index in [0.717, 1.165) is 19.3 Å². The highest BCUT2D eigenvalue weighted by molar-refractivity contribution is 7.91. The van der Waals surface area contributed by atoms with E-state index in [4.69, 9.17) is 0 Å². The average Bonchev–Trinajstić information content (AvgIpc) is 2.78. The van der Waals surface area contributed by atoms with Gasteiger partial charge < -0.3 is 10.6 Å². The van der Waals surface area contributed by atoms with Gasteiger partial charge >= 0.3 is 6.03 Å². The fourth-order valence-corrected chi connectivity index (χ4v) is 4.87. The van der Waals surface area contributed by atoms with Crippen molar-refractivity contribution in [2.24, 2.45) is 0 Å². The lowest BCUT2D eigenvalue weighted by Crippen LogP contribution is -2.44. The number of hydrogen-bond donors (Lipinski definition) is 2. The number of carbonyl (C=O) groups excluding carboxylic acids is 1. The lowest BCUT2D eigenvalue weighted by molar-refractivity contribution is 0.232. The third-order valence-electron chi connectivity index (χ3n) is 4.24. The van der Waals surface area contributed by atoms with E-state index in [1.54, 1.807) is 0 Å². The summed E-state index contributed by atoms with van der Waals surface area (Å²) in [5, 5.41) is 5.77. The fourth-order valence-electron chi connectivity index (χ4n) is 3.20. The highest BCUT2D eigenvalue weighted by Crippen LogP contribution is 2.29. The highest BCUT2D eigenvalue weighted by atomic mass is 32.2. The number of amides is 2. The molecule has 5 nitrogen and oxygen atoms in total. The number of nitrogens with one attached hydrogen (secondary N) is 2. The van der Waals surface area contributed by atoms with Crippen LogP contribution in [0.4, 0.5) is 4.79 Å². The van der Waals surface area contributed by atoms with E-state index >= 15 is 0 Å². The zero-order chi connectivity index (χ0) is 14.9. The monoisotopic (exact) mass is 308 g/mol. The molecular formula is C15H20N2O3S. The summed E-state index contributed by atoms with van der Waals surface area (Å²) >= 11 is 0. The number of rotatable bonds is 2. The van der Waals surface area contributed by atoms with Gasteiger partial charge in [-0.05, 0) is 36.8 Å². The van der Waals surface area contributed by atoms with Crippen LogP contribution in [0, 0.1) is 0 Å². The molecular weight excluding hydrogens is 288 g/mol. The van der Waals surface area contributed by atoms with Crippen molar-refractivity contribution in [1.82, 2.24) is 10.6 Å². The summed E-state index contributed by atoms with van der Waals surface area (Å²) in [4.78, 5) is 12.1. The Morgan fingerprint density at radius 3 is 2.71 bits per heavy atom. The molecule has 21 heavy (non-hydrogen) atoms. The summed E-state index contributed by atoms with van der Waals surface area (Å²) in [5.74, 6) is 0.228. The van der Waals surface area contributed by atoms with Crippen molar-refractivity contribution in [3.05, 3.63) is 35.4 Å². The number of urea groups is 1. The SMILES string of the molecule is O=C(N[C@H]1CCS(=O)(=O)C1)N[C@H]1CCCc2ccccc21. The zero-order valence-electron chi connectivity index (χ0n) is 11.8. The molecule has 0 radical (unpaired) electrons. The largest absolute Gasteiger partial charge is 0.334 e. The van der Waals surface area contributed by atoms with Crippen LogP contribution in [0.3, 0.4) is 0 Å². The Hall–Kier alpha value is -1.56. The van der Waals surface area contributed by atoms with E-state index in [0.29, 0.717) is 6.42 Å². The normalized spacial score (nSPS) is 26.9. The number of carbonyl (C=O) groups is 1. The molecule has 6 heteroatoms. The second kappa shape index (κ2) is 5.67.